The first-order chi connectivity index (χ1) is 16.3. The molecule has 0 spiro atoms. The number of rotatable bonds is 6. The molecule has 4 nitrogen and oxygen atoms in total. The van der Waals surface area contributed by atoms with E-state index in [-0.39, 0.29) is 25.2 Å². The van der Waals surface area contributed by atoms with Crippen LogP contribution in [0.25, 0.3) is 32.4 Å². The number of halogens is 2. The van der Waals surface area contributed by atoms with E-state index in [1.807, 2.05) is 24.3 Å². The Morgan fingerprint density at radius 3 is 1.55 bits per heavy atom. The molecule has 1 aliphatic carbocycles. The number of aromatic nitrogens is 2. The van der Waals surface area contributed by atoms with E-state index in [0.29, 0.717) is 13.1 Å². The Hall–Kier alpha value is -1.72. The number of benzene rings is 2. The Bertz CT molecular complexity index is 1080. The fourth-order valence-electron chi connectivity index (χ4n) is 4.33. The fraction of sp³-hybridized carbons (Fsp3) is 0.308. The average molecular weight is 521 g/mol. The van der Waals surface area contributed by atoms with Crippen LogP contribution in [0.4, 0.5) is 0 Å². The van der Waals surface area contributed by atoms with E-state index in [1.165, 1.54) is 23.6 Å². The zero-order valence-corrected chi connectivity index (χ0v) is 20.8. The van der Waals surface area contributed by atoms with Crippen molar-refractivity contribution in [3.8, 4) is 0 Å². The number of para-hydroxylation sites is 2. The molecule has 2 atom stereocenters. The SMILES string of the molecule is [Cl][Fe][Cl].c1ccc2nc(C[N-][C@H]3CCCC[C@@H]3[N-]Cc3ccc4ccccc4n3)ccc2c1. The van der Waals surface area contributed by atoms with Crippen LogP contribution in [0.5, 0.6) is 0 Å². The van der Waals surface area contributed by atoms with E-state index in [9.17, 15) is 0 Å². The first-order valence-corrected chi connectivity index (χ1v) is 14.2. The smallest absolute Gasteiger partial charge is 0.0704 e. The van der Waals surface area contributed by atoms with Crippen LogP contribution in [0.1, 0.15) is 37.1 Å². The van der Waals surface area contributed by atoms with E-state index >= 15 is 0 Å². The van der Waals surface area contributed by atoms with Gasteiger partial charge in [0.05, 0.1) is 11.0 Å². The third kappa shape index (κ3) is 6.89. The normalized spacial score (nSPS) is 18.2. The summed E-state index contributed by atoms with van der Waals surface area (Å²) in [5.74, 6) is 0. The van der Waals surface area contributed by atoms with Gasteiger partial charge in [-0.25, -0.2) is 0 Å². The molecule has 4 aromatic rings. The van der Waals surface area contributed by atoms with Crippen LogP contribution in [-0.4, -0.2) is 22.1 Å². The molecule has 2 aromatic carbocycles. The van der Waals surface area contributed by atoms with Crippen molar-refractivity contribution >= 4 is 42.0 Å². The maximum absolute atomic E-state index is 5.03. The second-order valence-corrected chi connectivity index (χ2v) is 9.97. The van der Waals surface area contributed by atoms with Crippen molar-refractivity contribution in [1.82, 2.24) is 9.97 Å². The molecule has 0 aliphatic heterocycles. The van der Waals surface area contributed by atoms with Gasteiger partial charge in [0.15, 0.2) is 0 Å². The van der Waals surface area contributed by atoms with Gasteiger partial charge in [-0.15, -0.1) is 13.1 Å². The van der Waals surface area contributed by atoms with E-state index < -0.39 is 0 Å². The average Bonchev–Trinajstić information content (AvgIpc) is 2.87. The molecular formula is C26H26Cl2FeN4-2. The van der Waals surface area contributed by atoms with Crippen molar-refractivity contribution in [2.24, 2.45) is 0 Å². The van der Waals surface area contributed by atoms with Gasteiger partial charge in [0.25, 0.3) is 0 Å². The van der Waals surface area contributed by atoms with Crippen molar-refractivity contribution in [3.05, 3.63) is 94.8 Å². The summed E-state index contributed by atoms with van der Waals surface area (Å²) in [4.78, 5) is 9.55. The van der Waals surface area contributed by atoms with Crippen molar-refractivity contribution in [3.63, 3.8) is 0 Å². The first-order valence-electron chi connectivity index (χ1n) is 11.1. The minimum Gasteiger partial charge on any atom is -0.656 e. The molecule has 1 fully saturated rings. The monoisotopic (exact) mass is 520 g/mol. The molecule has 2 aromatic heterocycles. The van der Waals surface area contributed by atoms with Crippen LogP contribution >= 0.6 is 20.2 Å². The fourth-order valence-corrected chi connectivity index (χ4v) is 4.33. The third-order valence-electron chi connectivity index (χ3n) is 5.98. The summed E-state index contributed by atoms with van der Waals surface area (Å²) in [5.41, 5.74) is 4.15. The second kappa shape index (κ2) is 12.7. The Kier molecular flexibility index (Phi) is 9.36. The van der Waals surface area contributed by atoms with Gasteiger partial charge in [-0.1, -0.05) is 74.2 Å². The van der Waals surface area contributed by atoms with E-state index in [4.69, 9.17) is 40.8 Å². The zero-order chi connectivity index (χ0) is 22.9. The van der Waals surface area contributed by atoms with Gasteiger partial charge in [0.2, 0.25) is 0 Å². The van der Waals surface area contributed by atoms with Crippen LogP contribution in [0.15, 0.2) is 72.8 Å². The molecule has 1 aliphatic rings. The molecule has 0 unspecified atom stereocenters. The van der Waals surface area contributed by atoms with Crippen LogP contribution in [0.3, 0.4) is 0 Å². The van der Waals surface area contributed by atoms with Gasteiger partial charge < -0.3 is 10.6 Å². The number of hydrogen-bond donors (Lipinski definition) is 0. The van der Waals surface area contributed by atoms with Gasteiger partial charge in [-0.05, 0) is 24.3 Å². The van der Waals surface area contributed by atoms with Crippen LogP contribution in [0, 0.1) is 0 Å². The standard InChI is InChI=1S/C26H26N4.2ClH.Fe/c1-3-9-23-19(7-1)13-15-21(29-23)17-27-25-11-5-6-12-26(25)28-18-22-16-14-20-8-2-4-10-24(20)30-22;;;/h1-4,7-10,13-16,25-26H,5-6,11-12,17-18H2;2*1H;/q-2;;;+2/p-2/t25-,26-;;;/m0.../s1. The maximum Gasteiger partial charge on any atom is 0.0704 e. The predicted molar refractivity (Wildman–Crippen MR) is 135 cm³/mol. The largest absolute Gasteiger partial charge is 0.656 e. The van der Waals surface area contributed by atoms with Gasteiger partial charge >= 0.3 is 33.3 Å². The van der Waals surface area contributed by atoms with Crippen LogP contribution in [0.2, 0.25) is 0 Å². The summed E-state index contributed by atoms with van der Waals surface area (Å²) in [5, 5.41) is 12.4. The summed E-state index contributed by atoms with van der Waals surface area (Å²) < 4.78 is 0. The molecule has 0 saturated heterocycles. The predicted octanol–water partition coefficient (Wildman–Crippen LogP) is 7.92. The summed E-state index contributed by atoms with van der Waals surface area (Å²) in [6, 6.07) is 25.5. The van der Waals surface area contributed by atoms with Crippen LogP contribution < -0.4 is 0 Å². The van der Waals surface area contributed by atoms with Gasteiger partial charge in [-0.2, -0.15) is 12.1 Å². The first kappa shape index (κ1) is 24.4. The number of pyridine rings is 2. The van der Waals surface area contributed by atoms with E-state index in [0.717, 1.165) is 35.3 Å². The van der Waals surface area contributed by atoms with Crippen LogP contribution in [-0.2, 0) is 26.2 Å². The molecule has 2 heterocycles. The van der Waals surface area contributed by atoms with Crippen molar-refractivity contribution in [1.29, 1.82) is 0 Å². The minimum atomic E-state index is 0.194. The Labute approximate surface area is 210 Å². The van der Waals surface area contributed by atoms with Crippen molar-refractivity contribution < 1.29 is 13.1 Å². The maximum atomic E-state index is 5.03. The summed E-state index contributed by atoms with van der Waals surface area (Å²) in [7, 11) is 9.53. The second-order valence-electron chi connectivity index (χ2n) is 8.14. The molecule has 33 heavy (non-hydrogen) atoms. The topological polar surface area (TPSA) is 54.0 Å². The number of hydrogen-bond acceptors (Lipinski definition) is 2. The zero-order valence-electron chi connectivity index (χ0n) is 18.2. The van der Waals surface area contributed by atoms with E-state index in [2.05, 4.69) is 48.5 Å². The number of fused-ring (bicyclic) bond motifs is 2. The number of nitrogens with zero attached hydrogens (tertiary/aromatic N) is 4. The molecule has 0 N–H and O–H groups in total. The molecule has 5 rings (SSSR count). The van der Waals surface area contributed by atoms with Gasteiger partial charge in [0, 0.05) is 22.2 Å². The molecule has 0 amide bonds. The minimum absolute atomic E-state index is 0.194. The summed E-state index contributed by atoms with van der Waals surface area (Å²) >= 11 is 0.194. The van der Waals surface area contributed by atoms with Crippen molar-refractivity contribution in [2.45, 2.75) is 50.9 Å². The Balaban J connectivity index is 0.000000821. The molecule has 1 saturated carbocycles. The van der Waals surface area contributed by atoms with E-state index in [1.54, 1.807) is 0 Å². The molecule has 0 bridgehead atoms. The molecule has 0 radical (unpaired) electrons. The van der Waals surface area contributed by atoms with Gasteiger partial charge in [0.1, 0.15) is 0 Å². The molecule has 7 heteroatoms. The Morgan fingerprint density at radius 2 is 1.09 bits per heavy atom. The third-order valence-corrected chi connectivity index (χ3v) is 5.98. The quantitative estimate of drug-likeness (QED) is 0.242. The Morgan fingerprint density at radius 1 is 0.667 bits per heavy atom. The van der Waals surface area contributed by atoms with Gasteiger partial charge in [-0.3, -0.25) is 9.97 Å². The molecular weight excluding hydrogens is 495 g/mol. The van der Waals surface area contributed by atoms with Crippen molar-refractivity contribution in [2.75, 3.05) is 0 Å². The molecule has 174 valence electrons. The summed E-state index contributed by atoms with van der Waals surface area (Å²) in [6.07, 6.45) is 4.71. The summed E-state index contributed by atoms with van der Waals surface area (Å²) in [6.45, 7) is 1.32.